The Hall–Kier alpha value is -4.09. The molecule has 0 radical (unpaired) electrons. The normalized spacial score (nSPS) is 13.8. The third-order valence-electron chi connectivity index (χ3n) is 6.91. The molecule has 39 heavy (non-hydrogen) atoms. The summed E-state index contributed by atoms with van der Waals surface area (Å²) in [6.45, 7) is 5.30. The lowest BCUT2D eigenvalue weighted by atomic mass is 10.0. The fourth-order valence-electron chi connectivity index (χ4n) is 4.68. The average Bonchev–Trinajstić information content (AvgIpc) is 2.96. The first-order valence-corrected chi connectivity index (χ1v) is 14.1. The Morgan fingerprint density at radius 3 is 2.44 bits per heavy atom. The number of fused-ring (bicyclic) bond motifs is 1. The van der Waals surface area contributed by atoms with Crippen LogP contribution in [0.3, 0.4) is 0 Å². The standard InChI is InChI=1S/C34H32N2O2S/c1-24-14-15-25(2)29(21-24)23-36-30-12-6-7-13-31(30)39-32(34(36)38)22-27-16-18-28(19-17-27)33(37)35-20-8-11-26-9-4-3-5-10-26/h3-7,9-10,12-19,21-22H,8,11,20,23H2,1-2H3,(H,35,37). The van der Waals surface area contributed by atoms with E-state index in [1.807, 2.05) is 71.6 Å². The van der Waals surface area contributed by atoms with Crippen molar-refractivity contribution in [2.24, 2.45) is 0 Å². The maximum atomic E-state index is 13.7. The monoisotopic (exact) mass is 532 g/mol. The first-order chi connectivity index (χ1) is 19.0. The van der Waals surface area contributed by atoms with Crippen LogP contribution in [-0.4, -0.2) is 18.4 Å². The lowest BCUT2D eigenvalue weighted by Gasteiger charge is -2.31. The van der Waals surface area contributed by atoms with Gasteiger partial charge in [-0.15, -0.1) is 0 Å². The highest BCUT2D eigenvalue weighted by Gasteiger charge is 2.29. The van der Waals surface area contributed by atoms with Gasteiger partial charge in [-0.2, -0.15) is 0 Å². The van der Waals surface area contributed by atoms with Crippen molar-refractivity contribution in [1.82, 2.24) is 5.32 Å². The van der Waals surface area contributed by atoms with Gasteiger partial charge in [-0.25, -0.2) is 0 Å². The molecule has 0 atom stereocenters. The van der Waals surface area contributed by atoms with Crippen LogP contribution >= 0.6 is 11.8 Å². The van der Waals surface area contributed by atoms with Crippen molar-refractivity contribution in [3.8, 4) is 0 Å². The Balaban J connectivity index is 1.28. The Morgan fingerprint density at radius 1 is 0.897 bits per heavy atom. The van der Waals surface area contributed by atoms with Crippen LogP contribution < -0.4 is 10.2 Å². The fourth-order valence-corrected chi connectivity index (χ4v) is 5.74. The topological polar surface area (TPSA) is 49.4 Å². The number of hydrogen-bond acceptors (Lipinski definition) is 3. The molecule has 0 spiro atoms. The number of benzene rings is 4. The van der Waals surface area contributed by atoms with Crippen molar-refractivity contribution in [3.63, 3.8) is 0 Å². The lowest BCUT2D eigenvalue weighted by molar-refractivity contribution is -0.114. The summed E-state index contributed by atoms with van der Waals surface area (Å²) < 4.78 is 0. The molecule has 0 fully saturated rings. The van der Waals surface area contributed by atoms with Crippen molar-refractivity contribution in [1.29, 1.82) is 0 Å². The van der Waals surface area contributed by atoms with E-state index in [4.69, 9.17) is 0 Å². The van der Waals surface area contributed by atoms with Gasteiger partial charge >= 0.3 is 0 Å². The van der Waals surface area contributed by atoms with Crippen molar-refractivity contribution >= 4 is 35.3 Å². The summed E-state index contributed by atoms with van der Waals surface area (Å²) >= 11 is 1.49. The number of aryl methyl sites for hydroxylation is 3. The van der Waals surface area contributed by atoms with Gasteiger partial charge in [-0.05, 0) is 79.3 Å². The Kier molecular flexibility index (Phi) is 8.28. The highest BCUT2D eigenvalue weighted by molar-refractivity contribution is 8.04. The van der Waals surface area contributed by atoms with E-state index in [9.17, 15) is 9.59 Å². The summed E-state index contributed by atoms with van der Waals surface area (Å²) in [7, 11) is 0. The summed E-state index contributed by atoms with van der Waals surface area (Å²) in [5.41, 5.74) is 7.20. The number of anilines is 1. The van der Waals surface area contributed by atoms with Crippen LogP contribution in [0.25, 0.3) is 6.08 Å². The quantitative estimate of drug-likeness (QED) is 0.191. The van der Waals surface area contributed by atoms with Gasteiger partial charge in [0, 0.05) is 17.0 Å². The second-order valence-corrected chi connectivity index (χ2v) is 11.0. The fraction of sp³-hybridized carbons (Fsp3) is 0.176. The van der Waals surface area contributed by atoms with Crippen molar-refractivity contribution in [3.05, 3.63) is 135 Å². The van der Waals surface area contributed by atoms with Crippen LogP contribution in [0.2, 0.25) is 0 Å². The second-order valence-electron chi connectivity index (χ2n) is 9.87. The Morgan fingerprint density at radius 2 is 1.64 bits per heavy atom. The molecule has 1 heterocycles. The molecule has 1 N–H and O–H groups in total. The van der Waals surface area contributed by atoms with Gasteiger partial charge in [-0.1, -0.05) is 90.1 Å². The summed E-state index contributed by atoms with van der Waals surface area (Å²) in [6, 6.07) is 32.1. The van der Waals surface area contributed by atoms with Crippen LogP contribution in [0.5, 0.6) is 0 Å². The zero-order valence-electron chi connectivity index (χ0n) is 22.3. The smallest absolute Gasteiger partial charge is 0.265 e. The van der Waals surface area contributed by atoms with E-state index in [0.29, 0.717) is 23.6 Å². The predicted molar refractivity (Wildman–Crippen MR) is 161 cm³/mol. The second kappa shape index (κ2) is 12.2. The SMILES string of the molecule is Cc1ccc(C)c(CN2C(=O)C(=Cc3ccc(C(=O)NCCCc4ccccc4)cc3)Sc3ccccc32)c1. The Labute approximate surface area is 234 Å². The van der Waals surface area contributed by atoms with Gasteiger partial charge in [0.25, 0.3) is 11.8 Å². The number of carbonyl (C=O) groups is 2. The molecule has 5 heteroatoms. The molecule has 1 aliphatic heterocycles. The minimum atomic E-state index is -0.0843. The highest BCUT2D eigenvalue weighted by Crippen LogP contribution is 2.42. The minimum absolute atomic E-state index is 0.0140. The molecule has 0 aliphatic carbocycles. The molecule has 4 aromatic rings. The summed E-state index contributed by atoms with van der Waals surface area (Å²) in [5.74, 6) is -0.0983. The van der Waals surface area contributed by atoms with Gasteiger partial charge < -0.3 is 10.2 Å². The number of nitrogens with zero attached hydrogens (tertiary/aromatic N) is 1. The zero-order valence-corrected chi connectivity index (χ0v) is 23.1. The minimum Gasteiger partial charge on any atom is -0.352 e. The van der Waals surface area contributed by atoms with E-state index in [0.717, 1.165) is 34.6 Å². The van der Waals surface area contributed by atoms with E-state index in [-0.39, 0.29) is 11.8 Å². The molecule has 0 saturated carbocycles. The molecular weight excluding hydrogens is 500 g/mol. The number of thioether (sulfide) groups is 1. The van der Waals surface area contributed by atoms with E-state index in [1.165, 1.54) is 28.5 Å². The molecule has 2 amide bonds. The third-order valence-corrected chi connectivity index (χ3v) is 7.98. The largest absolute Gasteiger partial charge is 0.352 e. The van der Waals surface area contributed by atoms with E-state index in [1.54, 1.807) is 0 Å². The Bertz CT molecular complexity index is 1510. The average molecular weight is 533 g/mol. The highest BCUT2D eigenvalue weighted by atomic mass is 32.2. The number of para-hydroxylation sites is 1. The van der Waals surface area contributed by atoms with Crippen molar-refractivity contribution in [2.45, 2.75) is 38.1 Å². The number of carbonyl (C=O) groups excluding carboxylic acids is 2. The van der Waals surface area contributed by atoms with Crippen LogP contribution in [0.15, 0.2) is 107 Å². The van der Waals surface area contributed by atoms with Gasteiger partial charge in [0.05, 0.1) is 17.1 Å². The van der Waals surface area contributed by atoms with E-state index in [2.05, 4.69) is 55.6 Å². The molecule has 1 aliphatic rings. The molecule has 0 bridgehead atoms. The first-order valence-electron chi connectivity index (χ1n) is 13.3. The van der Waals surface area contributed by atoms with Gasteiger partial charge in [0.2, 0.25) is 0 Å². The summed E-state index contributed by atoms with van der Waals surface area (Å²) in [4.78, 5) is 29.9. The number of rotatable bonds is 8. The molecule has 0 aromatic heterocycles. The van der Waals surface area contributed by atoms with Crippen molar-refractivity contribution < 1.29 is 9.59 Å². The number of nitrogens with one attached hydrogen (secondary N) is 1. The molecule has 5 rings (SSSR count). The van der Waals surface area contributed by atoms with Crippen LogP contribution in [0.4, 0.5) is 5.69 Å². The van der Waals surface area contributed by atoms with Gasteiger partial charge in [0.15, 0.2) is 0 Å². The maximum Gasteiger partial charge on any atom is 0.265 e. The van der Waals surface area contributed by atoms with Crippen LogP contribution in [-0.2, 0) is 17.8 Å². The van der Waals surface area contributed by atoms with Crippen molar-refractivity contribution in [2.75, 3.05) is 11.4 Å². The van der Waals surface area contributed by atoms with Gasteiger partial charge in [0.1, 0.15) is 0 Å². The first kappa shape index (κ1) is 26.5. The molecule has 0 unspecified atom stereocenters. The molecular formula is C34H32N2O2S. The molecule has 0 saturated heterocycles. The van der Waals surface area contributed by atoms with Crippen LogP contribution in [0, 0.1) is 13.8 Å². The van der Waals surface area contributed by atoms with Crippen LogP contribution in [0.1, 0.15) is 44.6 Å². The number of amides is 2. The molecule has 4 nitrogen and oxygen atoms in total. The van der Waals surface area contributed by atoms with E-state index < -0.39 is 0 Å². The molecule has 196 valence electrons. The summed E-state index contributed by atoms with van der Waals surface area (Å²) in [6.07, 6.45) is 3.74. The summed E-state index contributed by atoms with van der Waals surface area (Å²) in [5, 5.41) is 3.01. The predicted octanol–water partition coefficient (Wildman–Crippen LogP) is 7.35. The lowest BCUT2D eigenvalue weighted by Crippen LogP contribution is -2.34. The zero-order chi connectivity index (χ0) is 27.2. The van der Waals surface area contributed by atoms with E-state index >= 15 is 0 Å². The van der Waals surface area contributed by atoms with Gasteiger partial charge in [-0.3, -0.25) is 9.59 Å². The number of hydrogen-bond donors (Lipinski definition) is 1. The maximum absolute atomic E-state index is 13.7. The molecule has 4 aromatic carbocycles. The third kappa shape index (κ3) is 6.50.